The van der Waals surface area contributed by atoms with Gasteiger partial charge in [-0.3, -0.25) is 14.5 Å². The number of benzene rings is 2. The molecule has 2 fully saturated rings. The van der Waals surface area contributed by atoms with Gasteiger partial charge in [-0.1, -0.05) is 6.07 Å². The molecule has 0 N–H and O–H groups in total. The third-order valence-corrected chi connectivity index (χ3v) is 7.81. The predicted octanol–water partition coefficient (Wildman–Crippen LogP) is 5.52. The number of halogens is 8. The van der Waals surface area contributed by atoms with Crippen molar-refractivity contribution in [3.05, 3.63) is 70.0 Å². The zero-order chi connectivity index (χ0) is 30.8. The highest BCUT2D eigenvalue weighted by Crippen LogP contribution is 2.38. The lowest BCUT2D eigenvalue weighted by molar-refractivity contribution is -0.143. The maximum Gasteiger partial charge on any atom is 0.416 e. The summed E-state index contributed by atoms with van der Waals surface area (Å²) in [6.45, 7) is 3.84. The summed E-state index contributed by atoms with van der Waals surface area (Å²) in [6.07, 6.45) is -9.72. The van der Waals surface area contributed by atoms with Gasteiger partial charge in [0.2, 0.25) is 11.8 Å². The summed E-state index contributed by atoms with van der Waals surface area (Å²) in [5.41, 5.74) is -1.94. The number of alkyl halides is 6. The van der Waals surface area contributed by atoms with Gasteiger partial charge in [0, 0.05) is 45.1 Å². The van der Waals surface area contributed by atoms with Gasteiger partial charge >= 0.3 is 12.4 Å². The van der Waals surface area contributed by atoms with Crippen LogP contribution in [0.25, 0.3) is 0 Å². The van der Waals surface area contributed by atoms with Crippen molar-refractivity contribution in [2.45, 2.75) is 38.2 Å². The number of aryl methyl sites for hydroxylation is 1. The Hall–Kier alpha value is -2.90. The first-order chi connectivity index (χ1) is 19.6. The SMILES string of the molecule is Cc1cc(F)ccc1[C@@H]1CN(CC(=O)N2CCOCC2)CC[C@H]1C(=O)N(C)Cc1cc(C(F)(F)F)cc(C(F)(F)F)c1.Cl. The van der Waals surface area contributed by atoms with Crippen molar-refractivity contribution in [2.24, 2.45) is 5.92 Å². The molecule has 4 rings (SSSR count). The fraction of sp³-hybridized carbons (Fsp3) is 0.517. The van der Waals surface area contributed by atoms with E-state index in [0.29, 0.717) is 56.1 Å². The van der Waals surface area contributed by atoms with Crippen LogP contribution in [0.5, 0.6) is 0 Å². The minimum absolute atomic E-state index is 0. The summed E-state index contributed by atoms with van der Waals surface area (Å²) < 4.78 is 99.4. The Morgan fingerprint density at radius 2 is 1.56 bits per heavy atom. The van der Waals surface area contributed by atoms with Crippen LogP contribution in [0.2, 0.25) is 0 Å². The largest absolute Gasteiger partial charge is 0.416 e. The summed E-state index contributed by atoms with van der Waals surface area (Å²) in [7, 11) is 1.33. The van der Waals surface area contributed by atoms with Gasteiger partial charge in [0.15, 0.2) is 0 Å². The molecule has 0 bridgehead atoms. The van der Waals surface area contributed by atoms with Crippen molar-refractivity contribution in [3.8, 4) is 0 Å². The number of nitrogens with zero attached hydrogens (tertiary/aromatic N) is 3. The number of amides is 2. The van der Waals surface area contributed by atoms with E-state index in [0.717, 1.165) is 4.90 Å². The third kappa shape index (κ3) is 8.60. The minimum Gasteiger partial charge on any atom is -0.378 e. The van der Waals surface area contributed by atoms with E-state index in [4.69, 9.17) is 4.74 Å². The molecule has 0 aliphatic carbocycles. The monoisotopic (exact) mass is 639 g/mol. The first-order valence-electron chi connectivity index (χ1n) is 13.5. The number of piperidine rings is 1. The standard InChI is InChI=1S/C29H32F7N3O3.ClH/c1-18-11-22(30)3-4-23(18)25-16-38(17-26(40)39-7-9-42-10-8-39)6-5-24(25)27(41)37(2)15-19-12-20(28(31,32)33)14-21(13-19)29(34,35)36;/h3-4,11-14,24-25H,5-10,15-17H2,1-2H3;1H/t24-,25+;/m1./s1. The van der Waals surface area contributed by atoms with Gasteiger partial charge in [-0.05, 0) is 66.9 Å². The van der Waals surface area contributed by atoms with Gasteiger partial charge in [0.05, 0.1) is 30.9 Å². The number of carbonyl (C=O) groups excluding carboxylic acids is 2. The van der Waals surface area contributed by atoms with Crippen LogP contribution in [0.4, 0.5) is 30.7 Å². The van der Waals surface area contributed by atoms with E-state index in [1.807, 2.05) is 4.90 Å². The molecule has 2 atom stereocenters. The molecule has 43 heavy (non-hydrogen) atoms. The summed E-state index contributed by atoms with van der Waals surface area (Å²) in [5, 5.41) is 0. The molecular formula is C29H33ClF7N3O3. The average molecular weight is 640 g/mol. The number of ether oxygens (including phenoxy) is 1. The molecule has 2 aromatic rings. The van der Waals surface area contributed by atoms with Crippen molar-refractivity contribution < 1.29 is 45.1 Å². The molecule has 14 heteroatoms. The number of hydrogen-bond donors (Lipinski definition) is 0. The number of rotatable bonds is 6. The Morgan fingerprint density at radius 1 is 0.953 bits per heavy atom. The fourth-order valence-corrected chi connectivity index (χ4v) is 5.68. The number of hydrogen-bond acceptors (Lipinski definition) is 4. The van der Waals surface area contributed by atoms with Crippen LogP contribution in [0.1, 0.15) is 40.2 Å². The highest BCUT2D eigenvalue weighted by atomic mass is 35.5. The normalized spacial score (nSPS) is 20.0. The van der Waals surface area contributed by atoms with Crippen LogP contribution < -0.4 is 0 Å². The van der Waals surface area contributed by atoms with Crippen molar-refractivity contribution >= 4 is 24.2 Å². The average Bonchev–Trinajstić information content (AvgIpc) is 2.92. The molecule has 0 aromatic heterocycles. The number of carbonyl (C=O) groups is 2. The van der Waals surface area contributed by atoms with E-state index in [1.54, 1.807) is 17.9 Å². The van der Waals surface area contributed by atoms with Gasteiger partial charge in [0.25, 0.3) is 0 Å². The van der Waals surface area contributed by atoms with Crippen molar-refractivity contribution in [1.82, 2.24) is 14.7 Å². The maximum absolute atomic E-state index is 13.9. The van der Waals surface area contributed by atoms with Crippen LogP contribution >= 0.6 is 12.4 Å². The Morgan fingerprint density at radius 3 is 2.12 bits per heavy atom. The molecule has 0 spiro atoms. The van der Waals surface area contributed by atoms with Crippen LogP contribution in [0.3, 0.4) is 0 Å². The van der Waals surface area contributed by atoms with Gasteiger partial charge in [0.1, 0.15) is 5.82 Å². The number of likely N-dealkylation sites (tertiary alicyclic amines) is 1. The van der Waals surface area contributed by atoms with E-state index < -0.39 is 53.6 Å². The lowest BCUT2D eigenvalue weighted by Gasteiger charge is -2.40. The molecule has 2 amide bonds. The van der Waals surface area contributed by atoms with Crippen molar-refractivity contribution in [2.75, 3.05) is 53.0 Å². The molecule has 2 saturated heterocycles. The summed E-state index contributed by atoms with van der Waals surface area (Å²) >= 11 is 0. The number of morpholine rings is 1. The quantitative estimate of drug-likeness (QED) is 0.391. The van der Waals surface area contributed by atoms with E-state index in [9.17, 15) is 40.3 Å². The maximum atomic E-state index is 13.9. The Bertz CT molecular complexity index is 1270. The van der Waals surface area contributed by atoms with Crippen molar-refractivity contribution in [1.29, 1.82) is 0 Å². The molecule has 0 saturated carbocycles. The smallest absolute Gasteiger partial charge is 0.378 e. The molecule has 2 aliphatic heterocycles. The van der Waals surface area contributed by atoms with Gasteiger partial charge in [-0.15, -0.1) is 12.4 Å². The zero-order valence-electron chi connectivity index (χ0n) is 23.6. The topological polar surface area (TPSA) is 53.1 Å². The van der Waals surface area contributed by atoms with Crippen LogP contribution in [-0.2, 0) is 33.2 Å². The second kappa shape index (κ2) is 13.8. The molecular weight excluding hydrogens is 607 g/mol. The zero-order valence-corrected chi connectivity index (χ0v) is 24.4. The van der Waals surface area contributed by atoms with Crippen LogP contribution in [0.15, 0.2) is 36.4 Å². The second-order valence-corrected chi connectivity index (χ2v) is 10.8. The van der Waals surface area contributed by atoms with Gasteiger partial charge < -0.3 is 14.5 Å². The predicted molar refractivity (Wildman–Crippen MR) is 146 cm³/mol. The Labute approximate surface area is 251 Å². The van der Waals surface area contributed by atoms with E-state index >= 15 is 0 Å². The highest BCUT2D eigenvalue weighted by Gasteiger charge is 2.40. The fourth-order valence-electron chi connectivity index (χ4n) is 5.68. The third-order valence-electron chi connectivity index (χ3n) is 7.81. The minimum atomic E-state index is -5.00. The molecule has 2 heterocycles. The Balaban J connectivity index is 0.00000506. The molecule has 0 unspecified atom stereocenters. The van der Waals surface area contributed by atoms with Crippen LogP contribution in [-0.4, -0.2) is 79.5 Å². The molecule has 0 radical (unpaired) electrons. The summed E-state index contributed by atoms with van der Waals surface area (Å²) in [4.78, 5) is 31.3. The summed E-state index contributed by atoms with van der Waals surface area (Å²) in [5.74, 6) is -2.19. The van der Waals surface area contributed by atoms with E-state index in [1.165, 1.54) is 19.2 Å². The summed E-state index contributed by atoms with van der Waals surface area (Å²) in [6, 6.07) is 5.45. The molecule has 2 aromatic carbocycles. The molecule has 238 valence electrons. The van der Waals surface area contributed by atoms with Crippen LogP contribution in [0, 0.1) is 18.7 Å². The molecule has 6 nitrogen and oxygen atoms in total. The highest BCUT2D eigenvalue weighted by molar-refractivity contribution is 5.85. The first kappa shape index (κ1) is 34.6. The first-order valence-corrected chi connectivity index (χ1v) is 13.5. The lowest BCUT2D eigenvalue weighted by Crippen LogP contribution is -2.50. The Kier molecular flexibility index (Phi) is 11.1. The van der Waals surface area contributed by atoms with Gasteiger partial charge in [-0.25, -0.2) is 4.39 Å². The van der Waals surface area contributed by atoms with E-state index in [-0.39, 0.29) is 49.5 Å². The molecule has 2 aliphatic rings. The van der Waals surface area contributed by atoms with E-state index in [2.05, 4.69) is 0 Å². The van der Waals surface area contributed by atoms with Gasteiger partial charge in [-0.2, -0.15) is 26.3 Å². The second-order valence-electron chi connectivity index (χ2n) is 10.8. The van der Waals surface area contributed by atoms with Crippen molar-refractivity contribution in [3.63, 3.8) is 0 Å². The lowest BCUT2D eigenvalue weighted by atomic mass is 9.78.